The summed E-state index contributed by atoms with van der Waals surface area (Å²) >= 11 is 0. The minimum atomic E-state index is 0.944. The Labute approximate surface area is 60.3 Å². The van der Waals surface area contributed by atoms with E-state index < -0.39 is 0 Å². The lowest BCUT2D eigenvalue weighted by Gasteiger charge is -2.17. The van der Waals surface area contributed by atoms with Gasteiger partial charge in [0.25, 0.3) is 0 Å². The highest BCUT2D eigenvalue weighted by molar-refractivity contribution is 5.81. The third-order valence-electron chi connectivity index (χ3n) is 1.84. The number of hydrogen-bond acceptors (Lipinski definition) is 2. The Balaban J connectivity index is 2.25. The first-order valence-electron chi connectivity index (χ1n) is 3.60. The third-order valence-corrected chi connectivity index (χ3v) is 1.84. The Kier molecular flexibility index (Phi) is 1.31. The molecule has 10 heavy (non-hydrogen) atoms. The van der Waals surface area contributed by atoms with E-state index in [-0.39, 0.29) is 0 Å². The van der Waals surface area contributed by atoms with Gasteiger partial charge in [-0.05, 0) is 18.2 Å². The molecule has 2 nitrogen and oxygen atoms in total. The molecule has 2 aliphatic rings. The van der Waals surface area contributed by atoms with Gasteiger partial charge in [-0.1, -0.05) is 6.08 Å². The largest absolute Gasteiger partial charge is 0.365 e. The van der Waals surface area contributed by atoms with Crippen LogP contribution in [0.5, 0.6) is 0 Å². The van der Waals surface area contributed by atoms with Crippen LogP contribution in [0, 0.1) is 0 Å². The smallest absolute Gasteiger partial charge is 0.0444 e. The Bertz CT molecular complexity index is 223. The standard InChI is InChI=1S/C8H10N2/c1-2-7-6-9-5-3-8(7)10-4-1/h1,4,6,10H,2-3,5H2. The van der Waals surface area contributed by atoms with Gasteiger partial charge in [0, 0.05) is 24.9 Å². The second-order valence-electron chi connectivity index (χ2n) is 2.54. The van der Waals surface area contributed by atoms with Gasteiger partial charge >= 0.3 is 0 Å². The van der Waals surface area contributed by atoms with Crippen LogP contribution in [0.4, 0.5) is 0 Å². The number of hydrogen-bond donors (Lipinski definition) is 1. The lowest BCUT2D eigenvalue weighted by molar-refractivity contribution is 0.825. The molecule has 0 aliphatic carbocycles. The molecular weight excluding hydrogens is 124 g/mol. The summed E-state index contributed by atoms with van der Waals surface area (Å²) in [5, 5.41) is 3.23. The molecule has 0 saturated carbocycles. The third kappa shape index (κ3) is 0.856. The molecule has 0 radical (unpaired) electrons. The number of nitrogens with one attached hydrogen (secondary N) is 1. The van der Waals surface area contributed by atoms with Crippen LogP contribution in [-0.2, 0) is 0 Å². The van der Waals surface area contributed by atoms with Crippen molar-refractivity contribution >= 4 is 6.21 Å². The molecule has 0 aromatic rings. The molecule has 0 spiro atoms. The van der Waals surface area contributed by atoms with E-state index in [2.05, 4.69) is 16.4 Å². The van der Waals surface area contributed by atoms with Crippen LogP contribution in [-0.4, -0.2) is 12.8 Å². The zero-order valence-electron chi connectivity index (χ0n) is 5.80. The van der Waals surface area contributed by atoms with E-state index in [1.54, 1.807) is 0 Å². The van der Waals surface area contributed by atoms with Crippen molar-refractivity contribution in [3.63, 3.8) is 0 Å². The first kappa shape index (κ1) is 5.71. The molecule has 0 bridgehead atoms. The molecule has 52 valence electrons. The van der Waals surface area contributed by atoms with E-state index >= 15 is 0 Å². The highest BCUT2D eigenvalue weighted by Crippen LogP contribution is 2.16. The van der Waals surface area contributed by atoms with Gasteiger partial charge in [-0.3, -0.25) is 4.99 Å². The first-order chi connectivity index (χ1) is 4.97. The predicted octanol–water partition coefficient (Wildman–Crippen LogP) is 1.22. The van der Waals surface area contributed by atoms with Crippen LogP contribution < -0.4 is 5.32 Å². The van der Waals surface area contributed by atoms with Crippen molar-refractivity contribution in [2.45, 2.75) is 12.8 Å². The van der Waals surface area contributed by atoms with E-state index in [1.165, 1.54) is 11.3 Å². The fourth-order valence-corrected chi connectivity index (χ4v) is 1.28. The van der Waals surface area contributed by atoms with Crippen molar-refractivity contribution in [2.75, 3.05) is 6.54 Å². The molecule has 1 N–H and O–H groups in total. The van der Waals surface area contributed by atoms with Gasteiger partial charge in [0.05, 0.1) is 0 Å². The zero-order chi connectivity index (χ0) is 6.81. The van der Waals surface area contributed by atoms with Crippen molar-refractivity contribution in [3.8, 4) is 0 Å². The normalized spacial score (nSPS) is 22.4. The van der Waals surface area contributed by atoms with Crippen LogP contribution in [0.25, 0.3) is 0 Å². The van der Waals surface area contributed by atoms with Crippen molar-refractivity contribution in [2.24, 2.45) is 4.99 Å². The van der Waals surface area contributed by atoms with Gasteiger partial charge in [0.15, 0.2) is 0 Å². The number of nitrogens with zero attached hydrogens (tertiary/aromatic N) is 1. The topological polar surface area (TPSA) is 24.4 Å². The summed E-state index contributed by atoms with van der Waals surface area (Å²) in [4.78, 5) is 4.20. The van der Waals surface area contributed by atoms with E-state index in [9.17, 15) is 0 Å². The Morgan fingerprint density at radius 1 is 1.50 bits per heavy atom. The van der Waals surface area contributed by atoms with Gasteiger partial charge in [-0.2, -0.15) is 0 Å². The number of aliphatic imine (C=N–C) groups is 1. The lowest BCUT2D eigenvalue weighted by atomic mass is 10.0. The van der Waals surface area contributed by atoms with E-state index in [4.69, 9.17) is 0 Å². The second kappa shape index (κ2) is 2.29. The molecule has 2 heterocycles. The Morgan fingerprint density at radius 3 is 3.40 bits per heavy atom. The lowest BCUT2D eigenvalue weighted by Crippen LogP contribution is -2.16. The average Bonchev–Trinajstić information content (AvgIpc) is 2.05. The molecule has 0 aromatic heterocycles. The van der Waals surface area contributed by atoms with Crippen molar-refractivity contribution < 1.29 is 0 Å². The predicted molar refractivity (Wildman–Crippen MR) is 41.9 cm³/mol. The quantitative estimate of drug-likeness (QED) is 0.529. The highest BCUT2D eigenvalue weighted by atomic mass is 14.9. The van der Waals surface area contributed by atoms with E-state index in [1.807, 2.05) is 12.4 Å². The van der Waals surface area contributed by atoms with E-state index in [0.717, 1.165) is 19.4 Å². The fraction of sp³-hybridized carbons (Fsp3) is 0.375. The summed E-state index contributed by atoms with van der Waals surface area (Å²) in [6.45, 7) is 0.944. The van der Waals surface area contributed by atoms with Crippen LogP contribution >= 0.6 is 0 Å². The van der Waals surface area contributed by atoms with Crippen molar-refractivity contribution in [1.82, 2.24) is 5.32 Å². The summed E-state index contributed by atoms with van der Waals surface area (Å²) in [5.74, 6) is 0. The molecule has 0 aromatic carbocycles. The molecule has 2 heteroatoms. The minimum absolute atomic E-state index is 0.944. The molecule has 0 fully saturated rings. The molecule has 0 atom stereocenters. The molecule has 0 saturated heterocycles. The second-order valence-corrected chi connectivity index (χ2v) is 2.54. The maximum atomic E-state index is 4.20. The van der Waals surface area contributed by atoms with Crippen molar-refractivity contribution in [1.29, 1.82) is 0 Å². The Hall–Kier alpha value is -1.05. The monoisotopic (exact) mass is 134 g/mol. The average molecular weight is 134 g/mol. The summed E-state index contributed by atoms with van der Waals surface area (Å²) in [5.41, 5.74) is 2.71. The number of rotatable bonds is 0. The molecule has 2 rings (SSSR count). The maximum Gasteiger partial charge on any atom is 0.0444 e. The van der Waals surface area contributed by atoms with Crippen molar-refractivity contribution in [3.05, 3.63) is 23.5 Å². The maximum absolute atomic E-state index is 4.20. The van der Waals surface area contributed by atoms with Crippen LogP contribution in [0.1, 0.15) is 12.8 Å². The van der Waals surface area contributed by atoms with Gasteiger partial charge in [0.2, 0.25) is 0 Å². The number of dihydropyridines is 2. The highest BCUT2D eigenvalue weighted by Gasteiger charge is 2.08. The molecule has 0 unspecified atom stereocenters. The molecule has 2 aliphatic heterocycles. The summed E-state index contributed by atoms with van der Waals surface area (Å²) in [6, 6.07) is 0. The summed E-state index contributed by atoms with van der Waals surface area (Å²) in [7, 11) is 0. The van der Waals surface area contributed by atoms with Gasteiger partial charge in [-0.25, -0.2) is 0 Å². The van der Waals surface area contributed by atoms with Crippen LogP contribution in [0.3, 0.4) is 0 Å². The SMILES string of the molecule is C1=CNC2=C(C=NCC2)C1. The Morgan fingerprint density at radius 2 is 2.50 bits per heavy atom. The van der Waals surface area contributed by atoms with Crippen LogP contribution in [0.2, 0.25) is 0 Å². The minimum Gasteiger partial charge on any atom is -0.365 e. The van der Waals surface area contributed by atoms with Gasteiger partial charge in [-0.15, -0.1) is 0 Å². The zero-order valence-corrected chi connectivity index (χ0v) is 5.80. The first-order valence-corrected chi connectivity index (χ1v) is 3.60. The van der Waals surface area contributed by atoms with Crippen LogP contribution in [0.15, 0.2) is 28.5 Å². The van der Waals surface area contributed by atoms with Gasteiger partial charge < -0.3 is 5.32 Å². The molecule has 0 amide bonds. The summed E-state index contributed by atoms with van der Waals surface area (Å²) in [6.07, 6.45) is 8.24. The molecular formula is C8H10N2. The fourth-order valence-electron chi connectivity index (χ4n) is 1.28. The van der Waals surface area contributed by atoms with Gasteiger partial charge in [0.1, 0.15) is 0 Å². The van der Waals surface area contributed by atoms with E-state index in [0.29, 0.717) is 0 Å². The summed E-state index contributed by atoms with van der Waals surface area (Å²) < 4.78 is 0. The number of allylic oxidation sites excluding steroid dienone is 2.